The minimum absolute atomic E-state index is 0.0666. The van der Waals surface area contributed by atoms with Gasteiger partial charge >= 0.3 is 0 Å². The highest BCUT2D eigenvalue weighted by molar-refractivity contribution is 5.49. The Morgan fingerprint density at radius 3 is 2.86 bits per heavy atom. The lowest BCUT2D eigenvalue weighted by Crippen LogP contribution is -2.38. The fourth-order valence-corrected chi connectivity index (χ4v) is 1.08. The van der Waals surface area contributed by atoms with E-state index >= 15 is 0 Å². The topological polar surface area (TPSA) is 66.6 Å². The van der Waals surface area contributed by atoms with Crippen molar-refractivity contribution in [3.63, 3.8) is 0 Å². The Balaban J connectivity index is 2.13. The molecule has 1 aromatic rings. The normalized spacial score (nSPS) is 16.1. The van der Waals surface area contributed by atoms with Crippen LogP contribution in [0.3, 0.4) is 0 Å². The first-order valence-corrected chi connectivity index (χ1v) is 4.34. The molecule has 0 atom stereocenters. The van der Waals surface area contributed by atoms with Gasteiger partial charge in [-0.15, -0.1) is 0 Å². The third-order valence-electron chi connectivity index (χ3n) is 1.96. The summed E-state index contributed by atoms with van der Waals surface area (Å²) in [5.74, 6) is 0.909. The molecule has 5 nitrogen and oxygen atoms in total. The number of pyridine rings is 1. The van der Waals surface area contributed by atoms with Crippen LogP contribution in [0.1, 0.15) is 0 Å². The van der Waals surface area contributed by atoms with Crippen LogP contribution in [-0.2, 0) is 4.74 Å². The lowest BCUT2D eigenvalue weighted by atomic mass is 10.3. The van der Waals surface area contributed by atoms with Crippen molar-refractivity contribution < 1.29 is 14.2 Å². The van der Waals surface area contributed by atoms with Crippen LogP contribution in [0.15, 0.2) is 12.1 Å². The van der Waals surface area contributed by atoms with Crippen LogP contribution in [0.25, 0.3) is 0 Å². The van der Waals surface area contributed by atoms with E-state index in [1.807, 2.05) is 0 Å². The molecule has 0 saturated carbocycles. The van der Waals surface area contributed by atoms with Gasteiger partial charge in [-0.05, 0) is 6.07 Å². The van der Waals surface area contributed by atoms with E-state index in [-0.39, 0.29) is 6.10 Å². The average Bonchev–Trinajstić information content (AvgIpc) is 2.14. The molecule has 76 valence electrons. The van der Waals surface area contributed by atoms with Crippen molar-refractivity contribution in [2.75, 3.05) is 26.1 Å². The molecule has 1 aliphatic rings. The van der Waals surface area contributed by atoms with E-state index in [0.717, 1.165) is 0 Å². The molecule has 0 aliphatic carbocycles. The van der Waals surface area contributed by atoms with E-state index in [2.05, 4.69) is 4.98 Å². The summed E-state index contributed by atoms with van der Waals surface area (Å²) in [6, 6.07) is 3.40. The molecular weight excluding hydrogens is 184 g/mol. The second-order valence-corrected chi connectivity index (χ2v) is 3.03. The van der Waals surface area contributed by atoms with Crippen molar-refractivity contribution in [2.24, 2.45) is 0 Å². The Hall–Kier alpha value is -1.49. The molecule has 1 saturated heterocycles. The van der Waals surface area contributed by atoms with Gasteiger partial charge in [-0.3, -0.25) is 0 Å². The van der Waals surface area contributed by atoms with Crippen LogP contribution in [0.2, 0.25) is 0 Å². The lowest BCUT2D eigenvalue weighted by Gasteiger charge is -2.26. The minimum Gasteiger partial charge on any atom is -0.481 e. The van der Waals surface area contributed by atoms with Gasteiger partial charge < -0.3 is 19.9 Å². The van der Waals surface area contributed by atoms with Gasteiger partial charge in [0.15, 0.2) is 0 Å². The number of methoxy groups -OCH3 is 1. The molecule has 0 spiro atoms. The summed E-state index contributed by atoms with van der Waals surface area (Å²) in [5, 5.41) is 0. The number of nitrogen functional groups attached to an aromatic ring is 1. The summed E-state index contributed by atoms with van der Waals surface area (Å²) < 4.78 is 15.4. The fraction of sp³-hybridized carbons (Fsp3) is 0.444. The molecule has 1 aliphatic heterocycles. The van der Waals surface area contributed by atoms with Crippen LogP contribution < -0.4 is 15.2 Å². The highest BCUT2D eigenvalue weighted by Crippen LogP contribution is 2.24. The number of rotatable bonds is 3. The second kappa shape index (κ2) is 3.71. The quantitative estimate of drug-likeness (QED) is 0.760. The first-order chi connectivity index (χ1) is 6.79. The number of anilines is 1. The second-order valence-electron chi connectivity index (χ2n) is 3.03. The van der Waals surface area contributed by atoms with Crippen LogP contribution in [0.5, 0.6) is 11.8 Å². The van der Waals surface area contributed by atoms with Crippen molar-refractivity contribution in [3.05, 3.63) is 12.1 Å². The van der Waals surface area contributed by atoms with Crippen LogP contribution in [0, 0.1) is 0 Å². The Bertz CT molecular complexity index is 326. The first kappa shape index (κ1) is 9.08. The summed E-state index contributed by atoms with van der Waals surface area (Å²) in [6.45, 7) is 1.19. The van der Waals surface area contributed by atoms with Gasteiger partial charge in [-0.1, -0.05) is 0 Å². The van der Waals surface area contributed by atoms with Gasteiger partial charge in [0.25, 0.3) is 0 Å². The molecule has 0 unspecified atom stereocenters. The Labute approximate surface area is 81.8 Å². The van der Waals surface area contributed by atoms with E-state index < -0.39 is 0 Å². The molecule has 1 fully saturated rings. The van der Waals surface area contributed by atoms with E-state index in [0.29, 0.717) is 30.7 Å². The lowest BCUT2D eigenvalue weighted by molar-refractivity contribution is -0.0811. The summed E-state index contributed by atoms with van der Waals surface area (Å²) in [7, 11) is 1.55. The van der Waals surface area contributed by atoms with E-state index in [4.69, 9.17) is 19.9 Å². The van der Waals surface area contributed by atoms with Crippen molar-refractivity contribution in [1.82, 2.24) is 4.98 Å². The maximum Gasteiger partial charge on any atom is 0.240 e. The Kier molecular flexibility index (Phi) is 2.41. The number of ether oxygens (including phenoxy) is 3. The molecule has 1 aromatic heterocycles. The number of aromatic nitrogens is 1. The van der Waals surface area contributed by atoms with Crippen molar-refractivity contribution >= 4 is 5.69 Å². The fourth-order valence-electron chi connectivity index (χ4n) is 1.08. The molecule has 2 heterocycles. The standard InChI is InChI=1S/C9H12N2O3/c1-12-8-3-2-7(10)9(11-8)14-6-4-13-5-6/h2-3,6H,4-5,10H2,1H3. The average molecular weight is 196 g/mol. The van der Waals surface area contributed by atoms with Crippen molar-refractivity contribution in [1.29, 1.82) is 0 Å². The molecule has 5 heteroatoms. The van der Waals surface area contributed by atoms with Crippen LogP contribution in [-0.4, -0.2) is 31.4 Å². The predicted molar refractivity (Wildman–Crippen MR) is 50.4 cm³/mol. The van der Waals surface area contributed by atoms with Gasteiger partial charge in [-0.2, -0.15) is 4.98 Å². The summed E-state index contributed by atoms with van der Waals surface area (Å²) in [4.78, 5) is 4.09. The molecule has 14 heavy (non-hydrogen) atoms. The predicted octanol–water partition coefficient (Wildman–Crippen LogP) is 0.450. The first-order valence-electron chi connectivity index (χ1n) is 4.34. The number of nitrogens with two attached hydrogens (primary N) is 1. The van der Waals surface area contributed by atoms with Gasteiger partial charge in [0.05, 0.1) is 26.0 Å². The zero-order chi connectivity index (χ0) is 9.97. The van der Waals surface area contributed by atoms with E-state index in [1.54, 1.807) is 19.2 Å². The SMILES string of the molecule is COc1ccc(N)c(OC2COC2)n1. The Morgan fingerprint density at radius 1 is 1.50 bits per heavy atom. The molecular formula is C9H12N2O3. The molecule has 0 amide bonds. The highest BCUT2D eigenvalue weighted by atomic mass is 16.6. The maximum absolute atomic E-state index is 5.69. The highest BCUT2D eigenvalue weighted by Gasteiger charge is 2.21. The Morgan fingerprint density at radius 2 is 2.29 bits per heavy atom. The largest absolute Gasteiger partial charge is 0.481 e. The van der Waals surface area contributed by atoms with Gasteiger partial charge in [0.2, 0.25) is 11.8 Å². The molecule has 2 rings (SSSR count). The van der Waals surface area contributed by atoms with E-state index in [1.165, 1.54) is 0 Å². The molecule has 2 N–H and O–H groups in total. The van der Waals surface area contributed by atoms with Crippen molar-refractivity contribution in [3.8, 4) is 11.8 Å². The zero-order valence-electron chi connectivity index (χ0n) is 7.90. The van der Waals surface area contributed by atoms with E-state index in [9.17, 15) is 0 Å². The number of hydrogen-bond acceptors (Lipinski definition) is 5. The molecule has 0 radical (unpaired) electrons. The van der Waals surface area contributed by atoms with Gasteiger partial charge in [0.1, 0.15) is 6.10 Å². The van der Waals surface area contributed by atoms with Gasteiger partial charge in [0, 0.05) is 6.07 Å². The summed E-state index contributed by atoms with van der Waals surface area (Å²) >= 11 is 0. The third kappa shape index (κ3) is 1.72. The smallest absolute Gasteiger partial charge is 0.240 e. The monoisotopic (exact) mass is 196 g/mol. The number of nitrogens with zero attached hydrogens (tertiary/aromatic N) is 1. The molecule has 0 bridgehead atoms. The summed E-state index contributed by atoms with van der Waals surface area (Å²) in [5.41, 5.74) is 6.20. The number of hydrogen-bond donors (Lipinski definition) is 1. The maximum atomic E-state index is 5.69. The van der Waals surface area contributed by atoms with Crippen LogP contribution >= 0.6 is 0 Å². The zero-order valence-corrected chi connectivity index (χ0v) is 7.90. The minimum atomic E-state index is 0.0666. The van der Waals surface area contributed by atoms with Gasteiger partial charge in [-0.25, -0.2) is 0 Å². The molecule has 0 aromatic carbocycles. The van der Waals surface area contributed by atoms with Crippen LogP contribution in [0.4, 0.5) is 5.69 Å². The third-order valence-corrected chi connectivity index (χ3v) is 1.96. The summed E-state index contributed by atoms with van der Waals surface area (Å²) in [6.07, 6.45) is 0.0666. The van der Waals surface area contributed by atoms with Crippen molar-refractivity contribution in [2.45, 2.75) is 6.10 Å².